The number of anilines is 1. The molecule has 0 bridgehead atoms. The number of benzene rings is 2. The highest BCUT2D eigenvalue weighted by molar-refractivity contribution is 6.00. The van der Waals surface area contributed by atoms with Crippen LogP contribution in [0.3, 0.4) is 0 Å². The van der Waals surface area contributed by atoms with Gasteiger partial charge in [0.2, 0.25) is 0 Å². The van der Waals surface area contributed by atoms with Crippen LogP contribution in [0, 0.1) is 5.92 Å². The highest BCUT2D eigenvalue weighted by atomic mass is 16.5. The molecular weight excluding hydrogens is 466 g/mol. The molecule has 1 atom stereocenters. The number of hydrogen-bond donors (Lipinski definition) is 1. The number of carbonyl (C=O) groups excluding carboxylic acids is 1. The second-order valence-corrected chi connectivity index (χ2v) is 9.97. The Bertz CT molecular complexity index is 1390. The molecule has 0 radical (unpaired) electrons. The Morgan fingerprint density at radius 2 is 1.70 bits per heavy atom. The van der Waals surface area contributed by atoms with Gasteiger partial charge in [-0.1, -0.05) is 30.3 Å². The minimum Gasteiger partial charge on any atom is -0.457 e. The summed E-state index contributed by atoms with van der Waals surface area (Å²) in [5, 5.41) is 0.869. The number of likely N-dealkylation sites (N-methyl/N-ethyl adjacent to an activating group) is 1. The fourth-order valence-electron chi connectivity index (χ4n) is 5.67. The topological polar surface area (TPSA) is 95.5 Å². The molecule has 190 valence electrons. The number of rotatable bonds is 5. The van der Waals surface area contributed by atoms with Crippen LogP contribution in [0.5, 0.6) is 11.5 Å². The van der Waals surface area contributed by atoms with Crippen LogP contribution in [0.2, 0.25) is 0 Å². The molecule has 1 aliphatic carbocycles. The van der Waals surface area contributed by atoms with Crippen LogP contribution in [0.25, 0.3) is 22.2 Å². The number of nitrogens with two attached hydrogens (primary N) is 1. The fourth-order valence-corrected chi connectivity index (χ4v) is 5.67. The minimum atomic E-state index is -0.314. The third-order valence-corrected chi connectivity index (χ3v) is 7.69. The van der Waals surface area contributed by atoms with Crippen molar-refractivity contribution in [2.45, 2.75) is 37.8 Å². The number of amides is 1. The van der Waals surface area contributed by atoms with Gasteiger partial charge in [-0.2, -0.15) is 0 Å². The molecule has 2 aromatic heterocycles. The van der Waals surface area contributed by atoms with Gasteiger partial charge in [0, 0.05) is 31.4 Å². The van der Waals surface area contributed by atoms with E-state index >= 15 is 0 Å². The summed E-state index contributed by atoms with van der Waals surface area (Å²) in [4.78, 5) is 23.3. The van der Waals surface area contributed by atoms with E-state index in [1.807, 2.05) is 61.6 Å². The smallest absolute Gasteiger partial charge is 0.251 e. The van der Waals surface area contributed by atoms with E-state index in [9.17, 15) is 4.79 Å². The van der Waals surface area contributed by atoms with E-state index in [-0.39, 0.29) is 24.0 Å². The van der Waals surface area contributed by atoms with Gasteiger partial charge in [0.05, 0.1) is 12.0 Å². The van der Waals surface area contributed by atoms with Gasteiger partial charge in [-0.3, -0.25) is 4.79 Å². The van der Waals surface area contributed by atoms with Crippen LogP contribution in [0.15, 0.2) is 67.1 Å². The summed E-state index contributed by atoms with van der Waals surface area (Å²) < 4.78 is 14.1. The molecule has 2 N–H and O–H groups in total. The summed E-state index contributed by atoms with van der Waals surface area (Å²) in [7, 11) is 1.86. The van der Waals surface area contributed by atoms with Crippen molar-refractivity contribution in [1.29, 1.82) is 0 Å². The van der Waals surface area contributed by atoms with E-state index in [0.717, 1.165) is 59.3 Å². The van der Waals surface area contributed by atoms with Crippen LogP contribution >= 0.6 is 0 Å². The van der Waals surface area contributed by atoms with Crippen molar-refractivity contribution >= 4 is 22.8 Å². The Morgan fingerprint density at radius 1 is 0.973 bits per heavy atom. The normalized spacial score (nSPS) is 22.4. The molecule has 4 aromatic rings. The van der Waals surface area contributed by atoms with Crippen molar-refractivity contribution < 1.29 is 14.3 Å². The average Bonchev–Trinajstić information content (AvgIpc) is 3.32. The zero-order valence-corrected chi connectivity index (χ0v) is 20.9. The van der Waals surface area contributed by atoms with Crippen LogP contribution in [0.4, 0.5) is 5.82 Å². The van der Waals surface area contributed by atoms with Gasteiger partial charge in [-0.15, -0.1) is 0 Å². The highest BCUT2D eigenvalue weighted by Gasteiger charge is 2.37. The largest absolute Gasteiger partial charge is 0.457 e. The molecule has 2 aliphatic rings. The van der Waals surface area contributed by atoms with Crippen molar-refractivity contribution in [3.05, 3.63) is 67.1 Å². The van der Waals surface area contributed by atoms with E-state index in [4.69, 9.17) is 15.2 Å². The summed E-state index contributed by atoms with van der Waals surface area (Å²) in [5.41, 5.74) is 9.26. The predicted molar refractivity (Wildman–Crippen MR) is 142 cm³/mol. The Labute approximate surface area is 216 Å². The van der Waals surface area contributed by atoms with Crippen molar-refractivity contribution in [2.75, 3.05) is 25.9 Å². The van der Waals surface area contributed by atoms with E-state index in [2.05, 4.69) is 20.7 Å². The van der Waals surface area contributed by atoms with E-state index < -0.39 is 0 Å². The van der Waals surface area contributed by atoms with Gasteiger partial charge in [0.25, 0.3) is 5.91 Å². The quantitative estimate of drug-likeness (QED) is 0.414. The lowest BCUT2D eigenvalue weighted by Gasteiger charge is -2.38. The first-order valence-electron chi connectivity index (χ1n) is 12.9. The molecule has 0 spiro atoms. The molecular formula is C29H31N5O3. The predicted octanol–water partition coefficient (Wildman–Crippen LogP) is 5.06. The number of morpholine rings is 1. The number of fused-ring (bicyclic) bond motifs is 1. The van der Waals surface area contributed by atoms with Gasteiger partial charge < -0.3 is 24.7 Å². The lowest BCUT2D eigenvalue weighted by molar-refractivity contribution is -0.157. The number of hydrogen-bond acceptors (Lipinski definition) is 6. The fraction of sp³-hybridized carbons (Fsp3) is 0.345. The molecule has 3 heterocycles. The molecule has 8 nitrogen and oxygen atoms in total. The number of aromatic nitrogens is 3. The third kappa shape index (κ3) is 4.53. The maximum atomic E-state index is 12.6. The van der Waals surface area contributed by atoms with E-state index in [1.54, 1.807) is 4.90 Å². The molecule has 1 saturated heterocycles. The van der Waals surface area contributed by atoms with Crippen LogP contribution < -0.4 is 10.5 Å². The van der Waals surface area contributed by atoms with E-state index in [0.29, 0.717) is 19.0 Å². The molecule has 1 aliphatic heterocycles. The first kappa shape index (κ1) is 23.5. The summed E-state index contributed by atoms with van der Waals surface area (Å²) in [5.74, 6) is 2.41. The number of nitrogen functional groups attached to an aromatic ring is 1. The van der Waals surface area contributed by atoms with Crippen LogP contribution in [-0.2, 0) is 9.53 Å². The first-order valence-corrected chi connectivity index (χ1v) is 12.9. The summed E-state index contributed by atoms with van der Waals surface area (Å²) in [6.45, 7) is 1.28. The zero-order valence-electron chi connectivity index (χ0n) is 20.9. The molecule has 8 heteroatoms. The summed E-state index contributed by atoms with van der Waals surface area (Å²) in [6, 6.07) is 18.0. The van der Waals surface area contributed by atoms with Crippen molar-refractivity contribution in [2.24, 2.45) is 5.92 Å². The maximum Gasteiger partial charge on any atom is 0.251 e. The lowest BCUT2D eigenvalue weighted by Crippen LogP contribution is -2.49. The number of carbonyl (C=O) groups is 1. The second kappa shape index (κ2) is 9.86. The maximum absolute atomic E-state index is 12.6. The zero-order chi connectivity index (χ0) is 25.4. The number of nitrogens with zero attached hydrogens (tertiary/aromatic N) is 4. The third-order valence-electron chi connectivity index (χ3n) is 7.69. The molecule has 1 saturated carbocycles. The molecule has 6 rings (SSSR count). The number of para-hydroxylation sites is 1. The Hall–Kier alpha value is -3.91. The van der Waals surface area contributed by atoms with Crippen LogP contribution in [-0.4, -0.2) is 51.6 Å². The standard InChI is InChI=1S/C29H31N5O3/c1-33-15-16-36-26(29(33)35)20-7-11-21(12-8-20)34-17-24(25-27(30)31-18-32-28(25)34)19-9-13-23(14-10-19)37-22-5-3-2-4-6-22/h2-6,9-10,13-14,17-18,20-21,26H,7-8,11-12,15-16H2,1H3,(H2,30,31,32). The van der Waals surface area contributed by atoms with E-state index in [1.165, 1.54) is 6.33 Å². The first-order chi connectivity index (χ1) is 18.1. The van der Waals surface area contributed by atoms with Crippen LogP contribution in [0.1, 0.15) is 31.7 Å². The molecule has 1 amide bonds. The van der Waals surface area contributed by atoms with Crippen molar-refractivity contribution in [3.8, 4) is 22.6 Å². The highest BCUT2D eigenvalue weighted by Crippen LogP contribution is 2.41. The lowest BCUT2D eigenvalue weighted by atomic mass is 9.81. The summed E-state index contributed by atoms with van der Waals surface area (Å²) >= 11 is 0. The monoisotopic (exact) mass is 497 g/mol. The average molecular weight is 498 g/mol. The number of ether oxygens (including phenoxy) is 2. The Kier molecular flexibility index (Phi) is 6.26. The SMILES string of the molecule is CN1CCOC(C2CCC(n3cc(-c4ccc(Oc5ccccc5)cc4)c4c(N)ncnc43)CC2)C1=O. The van der Waals surface area contributed by atoms with Crippen molar-refractivity contribution in [3.63, 3.8) is 0 Å². The molecule has 1 unspecified atom stereocenters. The van der Waals surface area contributed by atoms with Gasteiger partial charge >= 0.3 is 0 Å². The minimum absolute atomic E-state index is 0.114. The Balaban J connectivity index is 1.25. The van der Waals surface area contributed by atoms with Crippen molar-refractivity contribution in [1.82, 2.24) is 19.4 Å². The van der Waals surface area contributed by atoms with Gasteiger partial charge in [0.1, 0.15) is 35.4 Å². The summed E-state index contributed by atoms with van der Waals surface area (Å²) in [6.07, 6.45) is 7.17. The molecule has 2 fully saturated rings. The second-order valence-electron chi connectivity index (χ2n) is 9.97. The molecule has 2 aromatic carbocycles. The van der Waals surface area contributed by atoms with Gasteiger partial charge in [-0.05, 0) is 61.4 Å². The van der Waals surface area contributed by atoms with Gasteiger partial charge in [-0.25, -0.2) is 9.97 Å². The molecule has 37 heavy (non-hydrogen) atoms. The Morgan fingerprint density at radius 3 is 2.46 bits per heavy atom. The van der Waals surface area contributed by atoms with Gasteiger partial charge in [0.15, 0.2) is 0 Å².